The van der Waals surface area contributed by atoms with Crippen LogP contribution in [0.5, 0.6) is 0 Å². The molecule has 0 saturated heterocycles. The van der Waals surface area contributed by atoms with Crippen LogP contribution in [-0.4, -0.2) is 34.0 Å². The first kappa shape index (κ1) is 17.9. The van der Waals surface area contributed by atoms with Crippen molar-refractivity contribution in [2.24, 2.45) is 0 Å². The molecule has 27 heavy (non-hydrogen) atoms. The highest BCUT2D eigenvalue weighted by molar-refractivity contribution is 7.89. The Morgan fingerprint density at radius 2 is 2.07 bits per heavy atom. The number of hydrogen-bond donors (Lipinski definition) is 0. The number of nitrogens with zero attached hydrogens (tertiary/aromatic N) is 4. The summed E-state index contributed by atoms with van der Waals surface area (Å²) < 4.78 is 35.6. The zero-order chi connectivity index (χ0) is 19.2. The minimum atomic E-state index is -3.65. The molecule has 0 amide bonds. The number of fused-ring (bicyclic) bond motifs is 1. The zero-order valence-corrected chi connectivity index (χ0v) is 16.4. The first-order chi connectivity index (χ1) is 12.9. The molecule has 0 fully saturated rings. The topological polar surface area (TPSA) is 81.2 Å². The monoisotopic (exact) mass is 386 g/mol. The van der Waals surface area contributed by atoms with Crippen molar-refractivity contribution in [3.8, 4) is 5.69 Å². The second-order valence-corrected chi connectivity index (χ2v) is 8.97. The van der Waals surface area contributed by atoms with E-state index >= 15 is 0 Å². The highest BCUT2D eigenvalue weighted by Crippen LogP contribution is 2.29. The van der Waals surface area contributed by atoms with Crippen LogP contribution < -0.4 is 0 Å². The number of sulfonamides is 1. The highest BCUT2D eigenvalue weighted by atomic mass is 32.2. The summed E-state index contributed by atoms with van der Waals surface area (Å²) in [6.45, 7) is 6.45. The van der Waals surface area contributed by atoms with Gasteiger partial charge in [0.15, 0.2) is 5.89 Å². The fourth-order valence-corrected chi connectivity index (χ4v) is 4.86. The minimum Gasteiger partial charge on any atom is -0.445 e. The van der Waals surface area contributed by atoms with E-state index in [4.69, 9.17) is 4.42 Å². The fourth-order valence-electron chi connectivity index (χ4n) is 3.22. The summed E-state index contributed by atoms with van der Waals surface area (Å²) in [5.74, 6) is 1.64. The molecule has 8 heteroatoms. The second kappa shape index (κ2) is 6.61. The lowest BCUT2D eigenvalue weighted by Gasteiger charge is -2.25. The molecule has 1 aromatic carbocycles. The van der Waals surface area contributed by atoms with Crippen LogP contribution in [0.15, 0.2) is 46.0 Å². The van der Waals surface area contributed by atoms with Crippen molar-refractivity contribution in [2.45, 2.75) is 44.6 Å². The van der Waals surface area contributed by atoms with E-state index in [2.05, 4.69) is 10.1 Å². The van der Waals surface area contributed by atoms with Crippen molar-refractivity contribution in [3.05, 3.63) is 59.6 Å². The van der Waals surface area contributed by atoms with E-state index in [1.165, 1.54) is 4.31 Å². The van der Waals surface area contributed by atoms with Crippen LogP contribution in [0.1, 0.15) is 42.7 Å². The lowest BCUT2D eigenvalue weighted by atomic mass is 10.2. The van der Waals surface area contributed by atoms with Crippen LogP contribution in [-0.2, 0) is 23.0 Å². The quantitative estimate of drug-likeness (QED) is 0.688. The molecule has 0 N–H and O–H groups in total. The van der Waals surface area contributed by atoms with Gasteiger partial charge in [0, 0.05) is 31.3 Å². The molecular formula is C19H22N4O3S. The predicted octanol–water partition coefficient (Wildman–Crippen LogP) is 3.04. The molecule has 0 spiro atoms. The van der Waals surface area contributed by atoms with Gasteiger partial charge in [0.2, 0.25) is 10.0 Å². The van der Waals surface area contributed by atoms with Gasteiger partial charge in [-0.15, -0.1) is 0 Å². The maximum absolute atomic E-state index is 13.3. The number of oxazole rings is 1. The first-order valence-electron chi connectivity index (χ1n) is 8.95. The van der Waals surface area contributed by atoms with Crippen molar-refractivity contribution >= 4 is 10.0 Å². The third-order valence-corrected chi connectivity index (χ3v) is 6.75. The van der Waals surface area contributed by atoms with Gasteiger partial charge in [-0.3, -0.25) is 0 Å². The van der Waals surface area contributed by atoms with E-state index in [0.29, 0.717) is 35.0 Å². The van der Waals surface area contributed by atoms with Crippen molar-refractivity contribution in [3.63, 3.8) is 0 Å². The Kier molecular flexibility index (Phi) is 4.39. The first-order valence-corrected chi connectivity index (χ1v) is 10.4. The highest BCUT2D eigenvalue weighted by Gasteiger charge is 2.32. The average Bonchev–Trinajstić information content (AvgIpc) is 3.31. The van der Waals surface area contributed by atoms with Crippen molar-refractivity contribution in [1.29, 1.82) is 0 Å². The molecule has 1 aliphatic rings. The summed E-state index contributed by atoms with van der Waals surface area (Å²) in [6, 6.07) is 7.15. The van der Waals surface area contributed by atoms with Crippen LogP contribution in [0.2, 0.25) is 0 Å². The lowest BCUT2D eigenvalue weighted by molar-refractivity contribution is 0.353. The number of hydrogen-bond acceptors (Lipinski definition) is 5. The Morgan fingerprint density at radius 1 is 1.26 bits per heavy atom. The van der Waals surface area contributed by atoms with Gasteiger partial charge in [0.1, 0.15) is 5.76 Å². The average molecular weight is 386 g/mol. The van der Waals surface area contributed by atoms with Crippen LogP contribution in [0.4, 0.5) is 0 Å². The number of benzene rings is 1. The fraction of sp³-hybridized carbons (Fsp3) is 0.368. The van der Waals surface area contributed by atoms with Crippen LogP contribution >= 0.6 is 0 Å². The third kappa shape index (κ3) is 3.19. The van der Waals surface area contributed by atoms with E-state index < -0.39 is 10.0 Å². The Hall–Kier alpha value is -2.45. The zero-order valence-electron chi connectivity index (χ0n) is 15.6. The van der Waals surface area contributed by atoms with E-state index in [-0.39, 0.29) is 12.5 Å². The minimum absolute atomic E-state index is 0.175. The Balaban J connectivity index is 1.68. The summed E-state index contributed by atoms with van der Waals surface area (Å²) in [7, 11) is -3.65. The molecule has 0 unspecified atom stereocenters. The Morgan fingerprint density at radius 3 is 2.78 bits per heavy atom. The molecule has 0 atom stereocenters. The van der Waals surface area contributed by atoms with Crippen molar-refractivity contribution in [1.82, 2.24) is 19.1 Å². The molecule has 3 aromatic rings. The van der Waals surface area contributed by atoms with Crippen LogP contribution in [0.3, 0.4) is 0 Å². The van der Waals surface area contributed by atoms with E-state index in [1.54, 1.807) is 29.2 Å². The standard InChI is InChI=1S/C19H22N4O3S/c1-13(2)19-21-16-12-22(10-7-17(16)26-19)27(24,25)18-11-15(6-5-14(18)3)23-9-4-8-20-23/h4-6,8-9,11,13H,7,10,12H2,1-3H3. The molecule has 0 bridgehead atoms. The van der Waals surface area contributed by atoms with E-state index in [1.807, 2.05) is 32.9 Å². The summed E-state index contributed by atoms with van der Waals surface area (Å²) in [5, 5.41) is 4.19. The van der Waals surface area contributed by atoms with Gasteiger partial charge in [-0.2, -0.15) is 9.40 Å². The maximum atomic E-state index is 13.3. The van der Waals surface area contributed by atoms with E-state index in [9.17, 15) is 8.42 Å². The van der Waals surface area contributed by atoms with Gasteiger partial charge < -0.3 is 4.42 Å². The van der Waals surface area contributed by atoms with Crippen LogP contribution in [0, 0.1) is 6.92 Å². The summed E-state index contributed by atoms with van der Waals surface area (Å²) >= 11 is 0. The van der Waals surface area contributed by atoms with Gasteiger partial charge in [0.25, 0.3) is 0 Å². The molecule has 4 rings (SSSR count). The summed E-state index contributed by atoms with van der Waals surface area (Å²) in [5.41, 5.74) is 2.14. The van der Waals surface area contributed by atoms with Crippen LogP contribution in [0.25, 0.3) is 5.69 Å². The van der Waals surface area contributed by atoms with Crippen molar-refractivity contribution in [2.75, 3.05) is 6.54 Å². The predicted molar refractivity (Wildman–Crippen MR) is 100 cm³/mol. The normalized spacial score (nSPS) is 15.3. The Labute approximate surface area is 158 Å². The van der Waals surface area contributed by atoms with Gasteiger partial charge in [-0.25, -0.2) is 18.1 Å². The maximum Gasteiger partial charge on any atom is 0.243 e. The SMILES string of the molecule is Cc1ccc(-n2cccn2)cc1S(=O)(=O)N1CCc2oc(C(C)C)nc2C1. The number of aryl methyl sites for hydroxylation is 1. The summed E-state index contributed by atoms with van der Waals surface area (Å²) in [4.78, 5) is 4.80. The third-order valence-electron chi connectivity index (χ3n) is 4.76. The molecule has 7 nitrogen and oxygen atoms in total. The van der Waals surface area contributed by atoms with Crippen molar-refractivity contribution < 1.29 is 12.8 Å². The molecule has 2 aromatic heterocycles. The number of aromatic nitrogens is 3. The van der Waals surface area contributed by atoms with Gasteiger partial charge in [-0.1, -0.05) is 19.9 Å². The largest absolute Gasteiger partial charge is 0.445 e. The number of rotatable bonds is 4. The molecule has 0 radical (unpaired) electrons. The molecule has 142 valence electrons. The molecule has 3 heterocycles. The van der Waals surface area contributed by atoms with Gasteiger partial charge in [-0.05, 0) is 30.7 Å². The summed E-state index contributed by atoms with van der Waals surface area (Å²) in [6.07, 6.45) is 3.99. The Bertz CT molecular complexity index is 1070. The molecular weight excluding hydrogens is 364 g/mol. The molecule has 0 saturated carbocycles. The van der Waals surface area contributed by atoms with E-state index in [0.717, 1.165) is 11.5 Å². The lowest BCUT2D eigenvalue weighted by Crippen LogP contribution is -2.36. The van der Waals surface area contributed by atoms with Gasteiger partial charge in [0.05, 0.1) is 22.8 Å². The smallest absolute Gasteiger partial charge is 0.243 e. The molecule has 0 aliphatic carbocycles. The molecule has 1 aliphatic heterocycles. The van der Waals surface area contributed by atoms with Gasteiger partial charge >= 0.3 is 0 Å². The second-order valence-electron chi connectivity index (χ2n) is 7.07.